The van der Waals surface area contributed by atoms with Crippen molar-refractivity contribution in [3.05, 3.63) is 28.8 Å². The Labute approximate surface area is 94.4 Å². The predicted octanol–water partition coefficient (Wildman–Crippen LogP) is 2.62. The first-order valence-electron chi connectivity index (χ1n) is 4.65. The maximum Gasteiger partial charge on any atom is 0.327 e. The lowest BCUT2D eigenvalue weighted by molar-refractivity contribution is -0.141. The third-order valence-electron chi connectivity index (χ3n) is 2.12. The summed E-state index contributed by atoms with van der Waals surface area (Å²) in [5.41, 5.74) is 1.88. The van der Waals surface area contributed by atoms with Crippen LogP contribution in [0.3, 0.4) is 0 Å². The highest BCUT2D eigenvalue weighted by atomic mass is 35.5. The van der Waals surface area contributed by atoms with Crippen LogP contribution in [0.4, 0.5) is 5.69 Å². The van der Waals surface area contributed by atoms with Crippen molar-refractivity contribution in [1.82, 2.24) is 0 Å². The molecule has 0 fully saturated rings. The van der Waals surface area contributed by atoms with Crippen LogP contribution in [0.5, 0.6) is 0 Å². The SMILES string of the molecule is COC(=O)C(C)Nc1ccc(Cl)cc1C. The minimum atomic E-state index is -0.366. The average Bonchev–Trinajstić information content (AvgIpc) is 2.20. The van der Waals surface area contributed by atoms with E-state index in [2.05, 4.69) is 10.1 Å². The van der Waals surface area contributed by atoms with Gasteiger partial charge < -0.3 is 10.1 Å². The summed E-state index contributed by atoms with van der Waals surface area (Å²) in [6.07, 6.45) is 0. The summed E-state index contributed by atoms with van der Waals surface area (Å²) in [7, 11) is 1.37. The lowest BCUT2D eigenvalue weighted by Gasteiger charge is -2.14. The molecule has 0 aliphatic rings. The van der Waals surface area contributed by atoms with Gasteiger partial charge in [-0.3, -0.25) is 0 Å². The zero-order valence-electron chi connectivity index (χ0n) is 9.00. The molecule has 0 aliphatic carbocycles. The van der Waals surface area contributed by atoms with Crippen molar-refractivity contribution < 1.29 is 9.53 Å². The molecule has 1 N–H and O–H groups in total. The summed E-state index contributed by atoms with van der Waals surface area (Å²) in [5, 5.41) is 3.74. The van der Waals surface area contributed by atoms with Gasteiger partial charge in [0, 0.05) is 10.7 Å². The van der Waals surface area contributed by atoms with E-state index in [1.54, 1.807) is 13.0 Å². The number of hydrogen-bond donors (Lipinski definition) is 1. The molecule has 1 atom stereocenters. The van der Waals surface area contributed by atoms with Gasteiger partial charge in [-0.15, -0.1) is 0 Å². The Kier molecular flexibility index (Phi) is 3.97. The number of carbonyl (C=O) groups is 1. The van der Waals surface area contributed by atoms with Gasteiger partial charge in [0.25, 0.3) is 0 Å². The van der Waals surface area contributed by atoms with Crippen LogP contribution in [0, 0.1) is 6.92 Å². The zero-order chi connectivity index (χ0) is 11.4. The highest BCUT2D eigenvalue weighted by Gasteiger charge is 2.13. The van der Waals surface area contributed by atoms with E-state index in [9.17, 15) is 4.79 Å². The Balaban J connectivity index is 2.76. The normalized spacial score (nSPS) is 12.0. The van der Waals surface area contributed by atoms with E-state index in [0.717, 1.165) is 11.3 Å². The molecule has 1 aromatic rings. The summed E-state index contributed by atoms with van der Waals surface area (Å²) in [6, 6.07) is 5.10. The van der Waals surface area contributed by atoms with Crippen LogP contribution in [0.15, 0.2) is 18.2 Å². The summed E-state index contributed by atoms with van der Waals surface area (Å²) >= 11 is 5.82. The first-order chi connectivity index (χ1) is 7.04. The Morgan fingerprint density at radius 3 is 2.73 bits per heavy atom. The van der Waals surface area contributed by atoms with E-state index < -0.39 is 0 Å². The number of benzene rings is 1. The van der Waals surface area contributed by atoms with Gasteiger partial charge in [0.15, 0.2) is 0 Å². The predicted molar refractivity (Wildman–Crippen MR) is 61.3 cm³/mol. The van der Waals surface area contributed by atoms with E-state index in [0.29, 0.717) is 5.02 Å². The highest BCUT2D eigenvalue weighted by Crippen LogP contribution is 2.20. The smallest absolute Gasteiger partial charge is 0.327 e. The number of methoxy groups -OCH3 is 1. The van der Waals surface area contributed by atoms with E-state index in [1.807, 2.05) is 19.1 Å². The minimum absolute atomic E-state index is 0.288. The molecule has 4 heteroatoms. The van der Waals surface area contributed by atoms with Gasteiger partial charge in [-0.1, -0.05) is 11.6 Å². The Morgan fingerprint density at radius 1 is 1.53 bits per heavy atom. The van der Waals surface area contributed by atoms with Gasteiger partial charge >= 0.3 is 5.97 Å². The largest absolute Gasteiger partial charge is 0.467 e. The third kappa shape index (κ3) is 3.13. The van der Waals surface area contributed by atoms with Crippen LogP contribution in [-0.2, 0) is 9.53 Å². The van der Waals surface area contributed by atoms with Gasteiger partial charge in [-0.05, 0) is 37.6 Å². The van der Waals surface area contributed by atoms with Crippen molar-refractivity contribution in [2.24, 2.45) is 0 Å². The molecule has 0 spiro atoms. The number of esters is 1. The molecule has 0 radical (unpaired) electrons. The van der Waals surface area contributed by atoms with Crippen LogP contribution in [0.25, 0.3) is 0 Å². The van der Waals surface area contributed by atoms with Crippen LogP contribution in [-0.4, -0.2) is 19.1 Å². The molecule has 0 bridgehead atoms. The molecule has 0 amide bonds. The lowest BCUT2D eigenvalue weighted by atomic mass is 10.2. The Morgan fingerprint density at radius 2 is 2.20 bits per heavy atom. The Hall–Kier alpha value is -1.22. The molecular weight excluding hydrogens is 214 g/mol. The molecule has 0 saturated heterocycles. The molecule has 0 saturated carbocycles. The van der Waals surface area contributed by atoms with E-state index in [-0.39, 0.29) is 12.0 Å². The highest BCUT2D eigenvalue weighted by molar-refractivity contribution is 6.30. The summed E-state index contributed by atoms with van der Waals surface area (Å²) < 4.78 is 4.62. The topological polar surface area (TPSA) is 38.3 Å². The van der Waals surface area contributed by atoms with Crippen LogP contribution < -0.4 is 5.32 Å². The van der Waals surface area contributed by atoms with Crippen LogP contribution in [0.2, 0.25) is 5.02 Å². The van der Waals surface area contributed by atoms with Crippen molar-refractivity contribution in [1.29, 1.82) is 0 Å². The summed E-state index contributed by atoms with van der Waals surface area (Å²) in [6.45, 7) is 3.68. The number of aryl methyl sites for hydroxylation is 1. The molecular formula is C11H14ClNO2. The van der Waals surface area contributed by atoms with E-state index in [4.69, 9.17) is 11.6 Å². The molecule has 1 unspecified atom stereocenters. The summed E-state index contributed by atoms with van der Waals surface area (Å²) in [5.74, 6) is -0.288. The zero-order valence-corrected chi connectivity index (χ0v) is 9.76. The monoisotopic (exact) mass is 227 g/mol. The molecule has 3 nitrogen and oxygen atoms in total. The standard InChI is InChI=1S/C11H14ClNO2/c1-7-6-9(12)4-5-10(7)13-8(2)11(14)15-3/h4-6,8,13H,1-3H3. The molecule has 0 aromatic heterocycles. The fourth-order valence-corrected chi connectivity index (χ4v) is 1.48. The number of hydrogen-bond acceptors (Lipinski definition) is 3. The molecule has 0 heterocycles. The van der Waals surface area contributed by atoms with Gasteiger partial charge in [0.05, 0.1) is 7.11 Å². The van der Waals surface area contributed by atoms with E-state index >= 15 is 0 Å². The molecule has 0 aliphatic heterocycles. The van der Waals surface area contributed by atoms with Gasteiger partial charge in [0.2, 0.25) is 0 Å². The van der Waals surface area contributed by atoms with E-state index in [1.165, 1.54) is 7.11 Å². The molecule has 15 heavy (non-hydrogen) atoms. The number of anilines is 1. The van der Waals surface area contributed by atoms with Gasteiger partial charge in [-0.25, -0.2) is 4.79 Å². The number of halogens is 1. The minimum Gasteiger partial charge on any atom is -0.467 e. The molecule has 82 valence electrons. The average molecular weight is 228 g/mol. The molecule has 1 rings (SSSR count). The second kappa shape index (κ2) is 5.03. The molecule has 1 aromatic carbocycles. The van der Waals surface area contributed by atoms with Crippen LogP contribution >= 0.6 is 11.6 Å². The Bertz CT molecular complexity index is 366. The van der Waals surface area contributed by atoms with Gasteiger partial charge in [0.1, 0.15) is 6.04 Å². The summed E-state index contributed by atoms with van der Waals surface area (Å²) in [4.78, 5) is 11.2. The van der Waals surface area contributed by atoms with Crippen molar-refractivity contribution in [2.75, 3.05) is 12.4 Å². The van der Waals surface area contributed by atoms with Crippen molar-refractivity contribution in [3.8, 4) is 0 Å². The number of ether oxygens (including phenoxy) is 1. The maximum absolute atomic E-state index is 11.2. The second-order valence-corrected chi connectivity index (χ2v) is 3.78. The fourth-order valence-electron chi connectivity index (χ4n) is 1.26. The first kappa shape index (κ1) is 11.9. The van der Waals surface area contributed by atoms with Crippen molar-refractivity contribution in [2.45, 2.75) is 19.9 Å². The second-order valence-electron chi connectivity index (χ2n) is 3.35. The van der Waals surface area contributed by atoms with Crippen molar-refractivity contribution in [3.63, 3.8) is 0 Å². The fraction of sp³-hybridized carbons (Fsp3) is 0.364. The lowest BCUT2D eigenvalue weighted by Crippen LogP contribution is -2.27. The van der Waals surface area contributed by atoms with Crippen LogP contribution in [0.1, 0.15) is 12.5 Å². The number of nitrogens with one attached hydrogen (secondary N) is 1. The third-order valence-corrected chi connectivity index (χ3v) is 2.35. The van der Waals surface area contributed by atoms with Gasteiger partial charge in [-0.2, -0.15) is 0 Å². The number of rotatable bonds is 3. The quantitative estimate of drug-likeness (QED) is 0.807. The first-order valence-corrected chi connectivity index (χ1v) is 5.03. The maximum atomic E-state index is 11.2. The van der Waals surface area contributed by atoms with Crippen molar-refractivity contribution >= 4 is 23.3 Å². The number of carbonyl (C=O) groups excluding carboxylic acids is 1.